The number of aromatic carboxylic acids is 1. The summed E-state index contributed by atoms with van der Waals surface area (Å²) in [4.78, 5) is 25.1. The van der Waals surface area contributed by atoms with Gasteiger partial charge in [0.2, 0.25) is 5.43 Å². The second-order valence-electron chi connectivity index (χ2n) is 9.99. The van der Waals surface area contributed by atoms with Crippen LogP contribution in [0.3, 0.4) is 0 Å². The third kappa shape index (κ3) is 5.69. The van der Waals surface area contributed by atoms with Crippen molar-refractivity contribution in [2.24, 2.45) is 5.41 Å². The van der Waals surface area contributed by atoms with Gasteiger partial charge < -0.3 is 19.5 Å². The highest BCUT2D eigenvalue weighted by molar-refractivity contribution is 14.1. The number of hydrogen-bond acceptors (Lipinski definition) is 4. The van der Waals surface area contributed by atoms with Crippen molar-refractivity contribution < 1.29 is 24.1 Å². The quantitative estimate of drug-likeness (QED) is 0.257. The molecule has 35 heavy (non-hydrogen) atoms. The lowest BCUT2D eigenvalue weighted by molar-refractivity contribution is 0.0692. The van der Waals surface area contributed by atoms with Gasteiger partial charge in [-0.05, 0) is 42.0 Å². The average Bonchev–Trinajstić information content (AvgIpc) is 2.76. The number of hydrogen-bond donors (Lipinski definition) is 2. The van der Waals surface area contributed by atoms with E-state index >= 15 is 4.39 Å². The van der Waals surface area contributed by atoms with Gasteiger partial charge >= 0.3 is 5.97 Å². The summed E-state index contributed by atoms with van der Waals surface area (Å²) < 4.78 is 23.3. The SMILES string of the molecule is CC(C)Oc1cc2c(cc1Cc1cccc(CI)c1F)c(=O)c(C(=O)O)cn2[C@H](CO)C(C)(C)C. The maximum absolute atomic E-state index is 15.0. The molecule has 0 radical (unpaired) electrons. The molecule has 6 nitrogen and oxygen atoms in total. The van der Waals surface area contributed by atoms with E-state index in [1.807, 2.05) is 34.6 Å². The molecule has 3 aromatic rings. The van der Waals surface area contributed by atoms with Gasteiger partial charge in [-0.25, -0.2) is 9.18 Å². The minimum atomic E-state index is -1.35. The molecule has 1 heterocycles. The number of carboxylic acids is 1. The van der Waals surface area contributed by atoms with Gasteiger partial charge in [0.25, 0.3) is 0 Å². The van der Waals surface area contributed by atoms with Crippen molar-refractivity contribution in [3.63, 3.8) is 0 Å². The van der Waals surface area contributed by atoms with Crippen LogP contribution in [0.4, 0.5) is 4.39 Å². The Morgan fingerprint density at radius 3 is 2.37 bits per heavy atom. The smallest absolute Gasteiger partial charge is 0.341 e. The van der Waals surface area contributed by atoms with Crippen LogP contribution < -0.4 is 10.2 Å². The fraction of sp³-hybridized carbons (Fsp3) is 0.407. The Hall–Kier alpha value is -2.46. The maximum Gasteiger partial charge on any atom is 0.341 e. The zero-order valence-corrected chi connectivity index (χ0v) is 22.7. The van der Waals surface area contributed by atoms with Crippen LogP contribution in [0.25, 0.3) is 10.9 Å². The molecule has 1 atom stereocenters. The van der Waals surface area contributed by atoms with Crippen LogP contribution in [-0.4, -0.2) is 33.5 Å². The Morgan fingerprint density at radius 1 is 1.17 bits per heavy atom. The molecule has 0 spiro atoms. The molecule has 188 valence electrons. The van der Waals surface area contributed by atoms with Crippen molar-refractivity contribution in [2.75, 3.05) is 6.61 Å². The average molecular weight is 595 g/mol. The molecule has 0 unspecified atom stereocenters. The second kappa shape index (κ2) is 10.7. The maximum atomic E-state index is 15.0. The molecule has 0 amide bonds. The number of aliphatic hydroxyl groups excluding tert-OH is 1. The molecule has 3 rings (SSSR count). The van der Waals surface area contributed by atoms with E-state index in [2.05, 4.69) is 22.6 Å². The van der Waals surface area contributed by atoms with E-state index in [-0.39, 0.29) is 35.9 Å². The zero-order valence-electron chi connectivity index (χ0n) is 20.6. The molecule has 0 aliphatic heterocycles. The van der Waals surface area contributed by atoms with Crippen LogP contribution in [0.5, 0.6) is 5.75 Å². The van der Waals surface area contributed by atoms with E-state index in [4.69, 9.17) is 4.74 Å². The van der Waals surface area contributed by atoms with Gasteiger partial charge in [-0.2, -0.15) is 0 Å². The first-order valence-electron chi connectivity index (χ1n) is 11.4. The molecule has 2 aromatic carbocycles. The number of pyridine rings is 1. The highest BCUT2D eigenvalue weighted by atomic mass is 127. The normalized spacial score (nSPS) is 12.8. The zero-order chi connectivity index (χ0) is 26.1. The van der Waals surface area contributed by atoms with Crippen LogP contribution in [-0.2, 0) is 10.8 Å². The predicted octanol–water partition coefficient (Wildman–Crippen LogP) is 5.73. The van der Waals surface area contributed by atoms with Crippen molar-refractivity contribution >= 4 is 39.5 Å². The van der Waals surface area contributed by atoms with E-state index in [1.165, 1.54) is 6.20 Å². The number of aliphatic hydroxyl groups is 1. The monoisotopic (exact) mass is 595 g/mol. The molecule has 2 N–H and O–H groups in total. The molecule has 0 bridgehead atoms. The van der Waals surface area contributed by atoms with Crippen molar-refractivity contribution in [3.05, 3.63) is 74.8 Å². The molecule has 0 saturated carbocycles. The van der Waals surface area contributed by atoms with Crippen molar-refractivity contribution in [3.8, 4) is 5.75 Å². The first-order chi connectivity index (χ1) is 16.4. The van der Waals surface area contributed by atoms with Gasteiger partial charge in [-0.3, -0.25) is 4.79 Å². The second-order valence-corrected chi connectivity index (χ2v) is 10.8. The minimum Gasteiger partial charge on any atom is -0.491 e. The number of carboxylic acid groups (broad SMARTS) is 1. The highest BCUT2D eigenvalue weighted by Gasteiger charge is 2.29. The van der Waals surface area contributed by atoms with E-state index in [9.17, 15) is 19.8 Å². The fourth-order valence-corrected chi connectivity index (χ4v) is 4.78. The molecule has 0 fully saturated rings. The molecular weight excluding hydrogens is 564 g/mol. The van der Waals surface area contributed by atoms with Gasteiger partial charge in [0.05, 0.1) is 24.3 Å². The number of aromatic nitrogens is 1. The first-order valence-corrected chi connectivity index (χ1v) is 13.0. The summed E-state index contributed by atoms with van der Waals surface area (Å²) in [5, 5.41) is 20.1. The van der Waals surface area contributed by atoms with Gasteiger partial charge in [-0.1, -0.05) is 61.6 Å². The summed E-state index contributed by atoms with van der Waals surface area (Å²) in [6.45, 7) is 9.29. The topological polar surface area (TPSA) is 88.8 Å². The Balaban J connectivity index is 2.37. The fourth-order valence-electron chi connectivity index (χ4n) is 4.19. The summed E-state index contributed by atoms with van der Waals surface area (Å²) >= 11 is 2.11. The Kier molecular flexibility index (Phi) is 8.26. The number of fused-ring (bicyclic) bond motifs is 1. The largest absolute Gasteiger partial charge is 0.491 e. The number of benzene rings is 2. The first kappa shape index (κ1) is 27.1. The van der Waals surface area contributed by atoms with Gasteiger partial charge in [-0.15, -0.1) is 0 Å². The van der Waals surface area contributed by atoms with Gasteiger partial charge in [0.15, 0.2) is 0 Å². The molecule has 0 aliphatic rings. The number of ether oxygens (including phenoxy) is 1. The van der Waals surface area contributed by atoms with Crippen LogP contribution in [0.15, 0.2) is 41.3 Å². The summed E-state index contributed by atoms with van der Waals surface area (Å²) in [6, 6.07) is 8.02. The molecular formula is C27H31FINO5. The van der Waals surface area contributed by atoms with Gasteiger partial charge in [0, 0.05) is 28.5 Å². The van der Waals surface area contributed by atoms with E-state index < -0.39 is 22.9 Å². The number of halogens is 2. The minimum absolute atomic E-state index is 0.174. The predicted molar refractivity (Wildman–Crippen MR) is 143 cm³/mol. The van der Waals surface area contributed by atoms with Crippen LogP contribution in [0.1, 0.15) is 67.7 Å². The summed E-state index contributed by atoms with van der Waals surface area (Å²) in [7, 11) is 0. The summed E-state index contributed by atoms with van der Waals surface area (Å²) in [5.41, 5.74) is 0.627. The number of alkyl halides is 1. The molecule has 0 aliphatic carbocycles. The van der Waals surface area contributed by atoms with Gasteiger partial charge in [0.1, 0.15) is 17.1 Å². The van der Waals surface area contributed by atoms with E-state index in [1.54, 1.807) is 34.9 Å². The third-order valence-corrected chi connectivity index (χ3v) is 6.82. The molecule has 1 aromatic heterocycles. The summed E-state index contributed by atoms with van der Waals surface area (Å²) in [5.74, 6) is -1.17. The Labute approximate surface area is 217 Å². The third-order valence-electron chi connectivity index (χ3n) is 6.00. The highest BCUT2D eigenvalue weighted by Crippen LogP contribution is 2.35. The standard InChI is InChI=1S/C27H31FINO5/c1-15(2)35-22-11-21-19(10-18(22)9-16-7-6-8-17(12-29)24(16)28)25(32)20(26(33)34)13-30(21)23(14-31)27(3,4)5/h6-8,10-11,13,15,23,31H,9,12,14H2,1-5H3,(H,33,34)/t23-/m1/s1. The number of carbonyl (C=O) groups is 1. The van der Waals surface area contributed by atoms with E-state index in [0.29, 0.717) is 32.4 Å². The number of nitrogens with zero attached hydrogens (tertiary/aromatic N) is 1. The van der Waals surface area contributed by atoms with E-state index in [0.717, 1.165) is 0 Å². The Morgan fingerprint density at radius 2 is 1.83 bits per heavy atom. The molecule has 8 heteroatoms. The van der Waals surface area contributed by atoms with Crippen LogP contribution in [0.2, 0.25) is 0 Å². The van der Waals surface area contributed by atoms with Crippen molar-refractivity contribution in [1.29, 1.82) is 0 Å². The summed E-state index contributed by atoms with van der Waals surface area (Å²) in [6.07, 6.45) is 1.28. The Bertz CT molecular complexity index is 1310. The number of rotatable bonds is 8. The lowest BCUT2D eigenvalue weighted by Gasteiger charge is -2.33. The van der Waals surface area contributed by atoms with Crippen molar-refractivity contribution in [1.82, 2.24) is 4.57 Å². The lowest BCUT2D eigenvalue weighted by Crippen LogP contribution is -2.30. The van der Waals surface area contributed by atoms with Crippen LogP contribution in [0, 0.1) is 11.2 Å². The van der Waals surface area contributed by atoms with Crippen LogP contribution >= 0.6 is 22.6 Å². The lowest BCUT2D eigenvalue weighted by atomic mass is 9.86. The van der Waals surface area contributed by atoms with Crippen molar-refractivity contribution in [2.45, 2.75) is 57.6 Å². The molecule has 0 saturated heterocycles.